The minimum atomic E-state index is -0.396. The molecule has 2 aromatic heterocycles. The average molecular weight is 399 g/mol. The fourth-order valence-electron chi connectivity index (χ4n) is 3.45. The van der Waals surface area contributed by atoms with Gasteiger partial charge in [0.05, 0.1) is 5.39 Å². The Labute approximate surface area is 167 Å². The van der Waals surface area contributed by atoms with Gasteiger partial charge in [0.25, 0.3) is 0 Å². The lowest BCUT2D eigenvalue weighted by molar-refractivity contribution is -0.128. The lowest BCUT2D eigenvalue weighted by atomic mass is 9.97. The highest BCUT2D eigenvalue weighted by Crippen LogP contribution is 2.41. The summed E-state index contributed by atoms with van der Waals surface area (Å²) in [4.78, 5) is 26.0. The maximum atomic E-state index is 12.8. The van der Waals surface area contributed by atoms with E-state index in [-0.39, 0.29) is 5.91 Å². The molecule has 1 aliphatic carbocycles. The number of nitrogens with two attached hydrogens (primary N) is 1. The van der Waals surface area contributed by atoms with Crippen molar-refractivity contribution in [2.45, 2.75) is 36.1 Å². The summed E-state index contributed by atoms with van der Waals surface area (Å²) in [6, 6.07) is 9.76. The molecule has 1 unspecified atom stereocenters. The first-order valence-electron chi connectivity index (χ1n) is 9.05. The number of aromatic nitrogens is 2. The molecule has 0 radical (unpaired) electrons. The Hall–Kier alpha value is -2.12. The Bertz CT molecular complexity index is 985. The van der Waals surface area contributed by atoms with Gasteiger partial charge in [-0.3, -0.25) is 4.79 Å². The third kappa shape index (κ3) is 3.53. The van der Waals surface area contributed by atoms with E-state index in [1.165, 1.54) is 35.0 Å². The van der Waals surface area contributed by atoms with E-state index >= 15 is 0 Å². The number of benzene rings is 1. The minimum Gasteiger partial charge on any atom is -0.383 e. The molecular formula is C20H22N4OS2. The molecule has 3 aromatic rings. The molecule has 1 aliphatic rings. The number of rotatable bonds is 4. The van der Waals surface area contributed by atoms with Crippen LogP contribution in [0.4, 0.5) is 5.82 Å². The predicted octanol–water partition coefficient (Wildman–Crippen LogP) is 4.07. The molecule has 0 bridgehead atoms. The smallest absolute Gasteiger partial charge is 0.240 e. The van der Waals surface area contributed by atoms with Crippen molar-refractivity contribution in [3.05, 3.63) is 46.3 Å². The number of hydrogen-bond donors (Lipinski definition) is 1. The van der Waals surface area contributed by atoms with Crippen molar-refractivity contribution in [2.24, 2.45) is 0 Å². The Morgan fingerprint density at radius 3 is 2.67 bits per heavy atom. The molecule has 27 heavy (non-hydrogen) atoms. The maximum absolute atomic E-state index is 12.8. The Balaban J connectivity index is 1.73. The number of carbonyl (C=O) groups is 1. The summed E-state index contributed by atoms with van der Waals surface area (Å²) < 4.78 is 0. The lowest BCUT2D eigenvalue weighted by Gasteiger charge is -2.20. The van der Waals surface area contributed by atoms with Gasteiger partial charge in [0.1, 0.15) is 15.9 Å². The molecule has 2 N–H and O–H groups in total. The third-order valence-electron chi connectivity index (χ3n) is 4.81. The van der Waals surface area contributed by atoms with Gasteiger partial charge in [0.2, 0.25) is 5.91 Å². The topological polar surface area (TPSA) is 72.1 Å². The standard InChI is InChI=1S/C20H22N4OS2/c1-24(2)19(25)16(12-8-4-3-5-9-12)27-20-22-17(21)15-13-10-6-7-11-14(13)26-18(15)23-20/h3-5,8-9,16H,6-7,10-11H2,1-2H3,(H2,21,22,23). The van der Waals surface area contributed by atoms with Crippen molar-refractivity contribution in [2.75, 3.05) is 19.8 Å². The Morgan fingerprint density at radius 2 is 1.93 bits per heavy atom. The zero-order chi connectivity index (χ0) is 19.0. The second-order valence-corrected chi connectivity index (χ2v) is 9.08. The van der Waals surface area contributed by atoms with E-state index in [1.807, 2.05) is 30.3 Å². The molecule has 1 atom stereocenters. The van der Waals surface area contributed by atoms with Gasteiger partial charge in [-0.15, -0.1) is 11.3 Å². The number of carbonyl (C=O) groups excluding carboxylic acids is 1. The number of thiophene rings is 1. The first-order chi connectivity index (χ1) is 13.0. The molecule has 1 amide bonds. The lowest BCUT2D eigenvalue weighted by Crippen LogP contribution is -2.26. The molecule has 7 heteroatoms. The van der Waals surface area contributed by atoms with Crippen LogP contribution in [0.25, 0.3) is 10.2 Å². The number of fused-ring (bicyclic) bond motifs is 3. The van der Waals surface area contributed by atoms with Crippen molar-refractivity contribution >= 4 is 45.0 Å². The molecular weight excluding hydrogens is 376 g/mol. The second kappa shape index (κ2) is 7.48. The van der Waals surface area contributed by atoms with E-state index in [2.05, 4.69) is 4.98 Å². The molecule has 0 saturated carbocycles. The fraction of sp³-hybridized carbons (Fsp3) is 0.350. The normalized spacial score (nSPS) is 14.7. The number of anilines is 1. The van der Waals surface area contributed by atoms with Crippen LogP contribution in [0, 0.1) is 0 Å². The highest BCUT2D eigenvalue weighted by molar-refractivity contribution is 8.00. The van der Waals surface area contributed by atoms with Gasteiger partial charge in [0, 0.05) is 19.0 Å². The van der Waals surface area contributed by atoms with Crippen LogP contribution in [-0.2, 0) is 17.6 Å². The Morgan fingerprint density at radius 1 is 1.19 bits per heavy atom. The number of aryl methyl sites for hydroxylation is 2. The van der Waals surface area contributed by atoms with Crippen LogP contribution in [0.15, 0.2) is 35.5 Å². The summed E-state index contributed by atoms with van der Waals surface area (Å²) in [5.41, 5.74) is 8.59. The average Bonchev–Trinajstić information content (AvgIpc) is 3.05. The first-order valence-corrected chi connectivity index (χ1v) is 10.7. The second-order valence-electron chi connectivity index (χ2n) is 6.92. The van der Waals surface area contributed by atoms with Gasteiger partial charge in [-0.05, 0) is 36.8 Å². The van der Waals surface area contributed by atoms with Crippen LogP contribution < -0.4 is 5.73 Å². The molecule has 4 rings (SSSR count). The van der Waals surface area contributed by atoms with Gasteiger partial charge in [-0.25, -0.2) is 9.97 Å². The van der Waals surface area contributed by atoms with Gasteiger partial charge < -0.3 is 10.6 Å². The first kappa shape index (κ1) is 18.3. The quantitative estimate of drug-likeness (QED) is 0.530. The molecule has 0 fully saturated rings. The van der Waals surface area contributed by atoms with Crippen molar-refractivity contribution in [1.82, 2.24) is 14.9 Å². The minimum absolute atomic E-state index is 0.0129. The van der Waals surface area contributed by atoms with Crippen molar-refractivity contribution < 1.29 is 4.79 Å². The number of likely N-dealkylation sites (N-methyl/N-ethyl adjacent to an activating group) is 1. The third-order valence-corrected chi connectivity index (χ3v) is 7.10. The molecule has 0 spiro atoms. The van der Waals surface area contributed by atoms with Crippen LogP contribution in [0.2, 0.25) is 0 Å². The van der Waals surface area contributed by atoms with E-state index in [0.717, 1.165) is 28.6 Å². The van der Waals surface area contributed by atoms with Crippen molar-refractivity contribution in [1.29, 1.82) is 0 Å². The van der Waals surface area contributed by atoms with Gasteiger partial charge >= 0.3 is 0 Å². The number of nitrogen functional groups attached to an aromatic ring is 1. The maximum Gasteiger partial charge on any atom is 0.240 e. The number of nitrogens with zero attached hydrogens (tertiary/aromatic N) is 3. The van der Waals surface area contributed by atoms with Gasteiger partial charge in [-0.1, -0.05) is 42.1 Å². The van der Waals surface area contributed by atoms with Crippen LogP contribution in [-0.4, -0.2) is 34.9 Å². The van der Waals surface area contributed by atoms with Crippen LogP contribution in [0.5, 0.6) is 0 Å². The van der Waals surface area contributed by atoms with E-state index in [9.17, 15) is 4.79 Å². The monoisotopic (exact) mass is 398 g/mol. The zero-order valence-electron chi connectivity index (χ0n) is 15.4. The zero-order valence-corrected chi connectivity index (χ0v) is 17.1. The number of amides is 1. The largest absolute Gasteiger partial charge is 0.383 e. The van der Waals surface area contributed by atoms with Gasteiger partial charge in [0.15, 0.2) is 5.16 Å². The van der Waals surface area contributed by atoms with Crippen LogP contribution in [0.3, 0.4) is 0 Å². The number of hydrogen-bond acceptors (Lipinski definition) is 6. The molecule has 0 saturated heterocycles. The summed E-state index contributed by atoms with van der Waals surface area (Å²) in [6.07, 6.45) is 4.58. The van der Waals surface area contributed by atoms with Crippen LogP contribution in [0.1, 0.15) is 34.1 Å². The van der Waals surface area contributed by atoms with E-state index < -0.39 is 5.25 Å². The molecule has 140 valence electrons. The highest BCUT2D eigenvalue weighted by atomic mass is 32.2. The summed E-state index contributed by atoms with van der Waals surface area (Å²) in [6.45, 7) is 0. The van der Waals surface area contributed by atoms with Gasteiger partial charge in [-0.2, -0.15) is 0 Å². The Kier molecular flexibility index (Phi) is 5.06. The predicted molar refractivity (Wildman–Crippen MR) is 112 cm³/mol. The number of thioether (sulfide) groups is 1. The van der Waals surface area contributed by atoms with E-state index in [0.29, 0.717) is 11.0 Å². The summed E-state index contributed by atoms with van der Waals surface area (Å²) in [5, 5.41) is 1.18. The van der Waals surface area contributed by atoms with E-state index in [1.54, 1.807) is 30.3 Å². The van der Waals surface area contributed by atoms with Crippen LogP contribution >= 0.6 is 23.1 Å². The SMILES string of the molecule is CN(C)C(=O)C(Sc1nc(N)c2c3c(sc2n1)CCCC3)c1ccccc1. The van der Waals surface area contributed by atoms with Crippen molar-refractivity contribution in [3.63, 3.8) is 0 Å². The summed E-state index contributed by atoms with van der Waals surface area (Å²) >= 11 is 3.09. The molecule has 0 aliphatic heterocycles. The van der Waals surface area contributed by atoms with E-state index in [4.69, 9.17) is 10.7 Å². The molecule has 1 aromatic carbocycles. The van der Waals surface area contributed by atoms with Crippen molar-refractivity contribution in [3.8, 4) is 0 Å². The highest BCUT2D eigenvalue weighted by Gasteiger charge is 2.26. The molecule has 2 heterocycles. The molecule has 5 nitrogen and oxygen atoms in total. The summed E-state index contributed by atoms with van der Waals surface area (Å²) in [5.74, 6) is 0.546. The summed E-state index contributed by atoms with van der Waals surface area (Å²) in [7, 11) is 3.54. The fourth-order valence-corrected chi connectivity index (χ4v) is 5.88.